The van der Waals surface area contributed by atoms with E-state index in [1.165, 1.54) is 6.07 Å². The molecule has 3 aromatic carbocycles. The number of Topliss-reactive ketones (excluding diaryl/α,β-unsaturated/α-hetero) is 1. The van der Waals surface area contributed by atoms with Gasteiger partial charge < -0.3 is 20.1 Å². The third-order valence-electron chi connectivity index (χ3n) is 7.89. The molecule has 2 bridgehead atoms. The number of hydrogen-bond donors (Lipinski definition) is 4. The van der Waals surface area contributed by atoms with Crippen molar-refractivity contribution < 1.29 is 24.9 Å². The zero-order valence-corrected chi connectivity index (χ0v) is 21.6. The van der Waals surface area contributed by atoms with Crippen molar-refractivity contribution in [2.45, 2.75) is 76.2 Å². The Balaban J connectivity index is 1.67. The van der Waals surface area contributed by atoms with Gasteiger partial charge in [0.25, 0.3) is 0 Å². The number of ether oxygens (including phenoxy) is 1. The first kappa shape index (κ1) is 26.0. The molecule has 0 spiro atoms. The van der Waals surface area contributed by atoms with E-state index in [0.717, 1.165) is 79.2 Å². The molecule has 0 amide bonds. The molecule has 4 N–H and O–H groups in total. The fourth-order valence-electron chi connectivity index (χ4n) is 5.86. The Morgan fingerprint density at radius 3 is 2.32 bits per heavy atom. The minimum Gasteiger partial charge on any atom is -0.508 e. The minimum absolute atomic E-state index is 0.0597. The van der Waals surface area contributed by atoms with Crippen molar-refractivity contribution in [1.82, 2.24) is 0 Å². The number of phenols is 2. The molecule has 2 unspecified atom stereocenters. The van der Waals surface area contributed by atoms with Gasteiger partial charge in [-0.25, -0.2) is 0 Å². The Kier molecular flexibility index (Phi) is 7.79. The molecule has 2 atom stereocenters. The number of ketones is 1. The number of carbonyl (C=O) groups excluding carboxylic acids is 1. The molecule has 3 aliphatic rings. The molecule has 0 radical (unpaired) electrons. The quantitative estimate of drug-likeness (QED) is 0.299. The van der Waals surface area contributed by atoms with Crippen LogP contribution < -0.4 is 4.74 Å². The summed E-state index contributed by atoms with van der Waals surface area (Å²) in [5.41, 5.74) is 5.13. The zero-order chi connectivity index (χ0) is 26.6. The van der Waals surface area contributed by atoms with E-state index in [-0.39, 0.29) is 34.8 Å². The monoisotopic (exact) mass is 513 g/mol. The highest BCUT2D eigenvalue weighted by Gasteiger charge is 2.28. The average molecular weight is 514 g/mol. The third-order valence-corrected chi connectivity index (χ3v) is 7.89. The number of benzene rings is 3. The van der Waals surface area contributed by atoms with Crippen LogP contribution in [-0.2, 0) is 6.42 Å². The normalized spacial score (nSPS) is 20.8. The van der Waals surface area contributed by atoms with Crippen LogP contribution in [0.4, 0.5) is 0 Å². The summed E-state index contributed by atoms with van der Waals surface area (Å²) < 4.78 is 5.86. The maximum atomic E-state index is 12.7. The Labute approximate surface area is 223 Å². The number of fused-ring (bicyclic) bond motifs is 13. The molecule has 6 rings (SSSR count). The van der Waals surface area contributed by atoms with Crippen molar-refractivity contribution in [3.63, 3.8) is 0 Å². The van der Waals surface area contributed by atoms with Gasteiger partial charge in [-0.3, -0.25) is 10.2 Å². The van der Waals surface area contributed by atoms with Gasteiger partial charge in [0.15, 0.2) is 5.78 Å². The number of aliphatic hydroxyl groups is 1. The van der Waals surface area contributed by atoms with Gasteiger partial charge in [-0.1, -0.05) is 62.4 Å². The average Bonchev–Trinajstić information content (AvgIpc) is 2.91. The largest absolute Gasteiger partial charge is 0.508 e. The van der Waals surface area contributed by atoms with Crippen LogP contribution in [0.1, 0.15) is 90.8 Å². The second-order valence-electron chi connectivity index (χ2n) is 10.5. The molecule has 2 heterocycles. The van der Waals surface area contributed by atoms with E-state index in [1.54, 1.807) is 24.3 Å². The molecule has 198 valence electrons. The number of aliphatic hydroxyl groups excluding tert-OH is 1. The third kappa shape index (κ3) is 5.46. The molecule has 1 aliphatic carbocycles. The standard InChI is InChI=1S/C32H35NO5/c33-32-29(36)12-5-3-1-2-4-8-24(22-9-6-11-25-23(22)10-7-13-28(25)35)27-18-26(31(38-32)19-30(27)37)20-14-16-21(34)17-15-20/h6,9,11,14-19,24,29,33-34,36-37H,1-5,7-8,10,12-13H2. The van der Waals surface area contributed by atoms with Crippen LogP contribution in [0, 0.1) is 5.41 Å². The molecule has 38 heavy (non-hydrogen) atoms. The van der Waals surface area contributed by atoms with E-state index < -0.39 is 6.10 Å². The molecule has 2 aliphatic heterocycles. The summed E-state index contributed by atoms with van der Waals surface area (Å²) in [6, 6.07) is 16.1. The predicted molar refractivity (Wildman–Crippen MR) is 147 cm³/mol. The predicted octanol–water partition coefficient (Wildman–Crippen LogP) is 6.88. The van der Waals surface area contributed by atoms with Gasteiger partial charge in [0.05, 0.1) is 0 Å². The Hall–Kier alpha value is -3.64. The number of hydrogen-bond acceptors (Lipinski definition) is 6. The zero-order valence-electron chi connectivity index (χ0n) is 21.6. The first-order chi connectivity index (χ1) is 18.4. The van der Waals surface area contributed by atoms with Gasteiger partial charge >= 0.3 is 0 Å². The highest BCUT2D eigenvalue weighted by Crippen LogP contribution is 2.44. The number of phenolic OH excluding ortho intramolecular Hbond substituents is 2. The van der Waals surface area contributed by atoms with Crippen LogP contribution in [0.2, 0.25) is 0 Å². The smallest absolute Gasteiger partial charge is 0.216 e. The molecule has 6 heteroatoms. The van der Waals surface area contributed by atoms with Gasteiger partial charge in [0.2, 0.25) is 5.90 Å². The first-order valence-electron chi connectivity index (χ1n) is 13.7. The summed E-state index contributed by atoms with van der Waals surface area (Å²) in [6.07, 6.45) is 7.30. The lowest BCUT2D eigenvalue weighted by Gasteiger charge is -2.26. The van der Waals surface area contributed by atoms with Crippen LogP contribution in [0.25, 0.3) is 11.1 Å². The van der Waals surface area contributed by atoms with E-state index in [2.05, 4.69) is 6.07 Å². The van der Waals surface area contributed by atoms with Crippen LogP contribution in [0.3, 0.4) is 0 Å². The van der Waals surface area contributed by atoms with Crippen molar-refractivity contribution in [2.75, 3.05) is 0 Å². The molecular weight excluding hydrogens is 478 g/mol. The highest BCUT2D eigenvalue weighted by atomic mass is 16.5. The number of carbonyl (C=O) groups is 1. The van der Waals surface area contributed by atoms with Crippen molar-refractivity contribution in [1.29, 1.82) is 5.41 Å². The van der Waals surface area contributed by atoms with Gasteiger partial charge in [0, 0.05) is 35.1 Å². The van der Waals surface area contributed by atoms with Crippen LogP contribution in [0.15, 0.2) is 54.6 Å². The van der Waals surface area contributed by atoms with Gasteiger partial charge in [-0.05, 0) is 60.6 Å². The molecule has 6 nitrogen and oxygen atoms in total. The number of rotatable bonds is 2. The van der Waals surface area contributed by atoms with Crippen molar-refractivity contribution in [3.05, 3.63) is 76.9 Å². The number of aromatic hydroxyl groups is 2. The van der Waals surface area contributed by atoms with E-state index in [0.29, 0.717) is 18.4 Å². The second kappa shape index (κ2) is 11.4. The maximum absolute atomic E-state index is 12.7. The minimum atomic E-state index is -1.02. The van der Waals surface area contributed by atoms with Crippen LogP contribution >= 0.6 is 0 Å². The summed E-state index contributed by atoms with van der Waals surface area (Å²) in [5.74, 6) is 0.287. The summed E-state index contributed by atoms with van der Waals surface area (Å²) in [6.45, 7) is 0. The van der Waals surface area contributed by atoms with E-state index in [1.807, 2.05) is 18.2 Å². The summed E-state index contributed by atoms with van der Waals surface area (Å²) in [4.78, 5) is 12.7. The summed E-state index contributed by atoms with van der Waals surface area (Å²) >= 11 is 0. The lowest BCUT2D eigenvalue weighted by Crippen LogP contribution is -2.25. The van der Waals surface area contributed by atoms with Crippen molar-refractivity contribution in [3.8, 4) is 28.4 Å². The highest BCUT2D eigenvalue weighted by molar-refractivity contribution is 5.98. The van der Waals surface area contributed by atoms with E-state index in [9.17, 15) is 20.1 Å². The summed E-state index contributed by atoms with van der Waals surface area (Å²) in [7, 11) is 0. The van der Waals surface area contributed by atoms with Gasteiger partial charge in [0.1, 0.15) is 23.4 Å². The molecule has 0 fully saturated rings. The van der Waals surface area contributed by atoms with Crippen LogP contribution in [0.5, 0.6) is 17.2 Å². The van der Waals surface area contributed by atoms with E-state index in [4.69, 9.17) is 10.1 Å². The van der Waals surface area contributed by atoms with E-state index >= 15 is 0 Å². The Morgan fingerprint density at radius 2 is 1.53 bits per heavy atom. The molecular formula is C32H35NO5. The summed E-state index contributed by atoms with van der Waals surface area (Å²) in [5, 5.41) is 40.1. The van der Waals surface area contributed by atoms with Crippen molar-refractivity contribution >= 4 is 11.7 Å². The lowest BCUT2D eigenvalue weighted by atomic mass is 9.78. The molecule has 0 saturated carbocycles. The Morgan fingerprint density at radius 1 is 0.789 bits per heavy atom. The topological polar surface area (TPSA) is 111 Å². The van der Waals surface area contributed by atoms with Crippen LogP contribution in [-0.4, -0.2) is 33.1 Å². The fourth-order valence-corrected chi connectivity index (χ4v) is 5.86. The molecule has 0 aromatic heterocycles. The lowest BCUT2D eigenvalue weighted by molar-refractivity contribution is 0.0972. The van der Waals surface area contributed by atoms with Gasteiger partial charge in [-0.15, -0.1) is 0 Å². The van der Waals surface area contributed by atoms with Gasteiger partial charge in [-0.2, -0.15) is 0 Å². The fraction of sp³-hybridized carbons (Fsp3) is 0.375. The number of nitrogens with one attached hydrogen (secondary N) is 1. The molecule has 0 saturated heterocycles. The Bertz CT molecular complexity index is 1330. The SMILES string of the molecule is N=C1Oc2cc(O)c(cc2-c2ccc(O)cc2)C(c2cccc3c2CCCC3=O)CCCCCCCC1O. The van der Waals surface area contributed by atoms with Crippen molar-refractivity contribution in [2.24, 2.45) is 0 Å². The maximum Gasteiger partial charge on any atom is 0.216 e. The second-order valence-corrected chi connectivity index (χ2v) is 10.5. The molecule has 3 aromatic rings. The first-order valence-corrected chi connectivity index (χ1v) is 13.7.